The van der Waals surface area contributed by atoms with E-state index in [1.54, 1.807) is 24.3 Å². The average molecular weight is 395 g/mol. The molecule has 1 saturated heterocycles. The van der Waals surface area contributed by atoms with E-state index in [0.717, 1.165) is 23.9 Å². The average Bonchev–Trinajstić information content (AvgIpc) is 2.86. The number of aliphatic imine (C=N–C) groups is 1. The summed E-state index contributed by atoms with van der Waals surface area (Å²) in [5.74, 6) is -1.22. The Bertz CT molecular complexity index is 947. The van der Waals surface area contributed by atoms with Gasteiger partial charge in [0.1, 0.15) is 17.3 Å². The Kier molecular flexibility index (Phi) is 5.29. The maximum absolute atomic E-state index is 13.8. The molecule has 0 unspecified atom stereocenters. The van der Waals surface area contributed by atoms with E-state index in [1.807, 2.05) is 0 Å². The fourth-order valence-electron chi connectivity index (χ4n) is 2.29. The minimum atomic E-state index is -0.798. The van der Waals surface area contributed by atoms with Crippen molar-refractivity contribution in [2.24, 2.45) is 4.99 Å². The van der Waals surface area contributed by atoms with E-state index in [9.17, 15) is 13.6 Å². The summed E-state index contributed by atoms with van der Waals surface area (Å²) in [4.78, 5) is 18.3. The standard InChI is InChI=1S/C18H13ClF2N2O2S/c1-23-17(24)16(8-10-7-11(19)3-6-15(10)25-2)26-18(23)22-14-5-4-12(20)9-13(14)21/h3-9H,1-2H3/b16-8+,22-18?. The predicted molar refractivity (Wildman–Crippen MR) is 99.8 cm³/mol. The number of amidine groups is 1. The lowest BCUT2D eigenvalue weighted by atomic mass is 10.2. The molecule has 0 aliphatic carbocycles. The van der Waals surface area contributed by atoms with Crippen molar-refractivity contribution in [3.8, 4) is 5.75 Å². The number of likely N-dealkylation sites (N-methyl/N-ethyl adjacent to an activating group) is 1. The molecule has 0 N–H and O–H groups in total. The fourth-order valence-corrected chi connectivity index (χ4v) is 3.44. The molecule has 0 aromatic heterocycles. The van der Waals surface area contributed by atoms with Crippen LogP contribution < -0.4 is 4.74 Å². The number of nitrogens with zero attached hydrogens (tertiary/aromatic N) is 2. The molecule has 2 aromatic rings. The number of hydrogen-bond donors (Lipinski definition) is 0. The van der Waals surface area contributed by atoms with Gasteiger partial charge >= 0.3 is 0 Å². The molecule has 8 heteroatoms. The van der Waals surface area contributed by atoms with Gasteiger partial charge in [0.15, 0.2) is 11.0 Å². The summed E-state index contributed by atoms with van der Waals surface area (Å²) in [6.07, 6.45) is 1.64. The van der Waals surface area contributed by atoms with Crippen LogP contribution in [0, 0.1) is 11.6 Å². The smallest absolute Gasteiger partial charge is 0.266 e. The van der Waals surface area contributed by atoms with Gasteiger partial charge in [-0.3, -0.25) is 9.69 Å². The Morgan fingerprint density at radius 3 is 2.69 bits per heavy atom. The second-order valence-electron chi connectivity index (χ2n) is 5.35. The van der Waals surface area contributed by atoms with Crippen LogP contribution in [0.15, 0.2) is 46.3 Å². The number of amides is 1. The molecule has 0 radical (unpaired) electrons. The number of benzene rings is 2. The van der Waals surface area contributed by atoms with Crippen molar-refractivity contribution in [3.63, 3.8) is 0 Å². The number of rotatable bonds is 3. The molecule has 1 amide bonds. The first kappa shape index (κ1) is 18.4. The van der Waals surface area contributed by atoms with Crippen LogP contribution in [0.2, 0.25) is 5.02 Å². The molecule has 0 spiro atoms. The summed E-state index contributed by atoms with van der Waals surface area (Å²) >= 11 is 7.09. The molecule has 0 bridgehead atoms. The minimum absolute atomic E-state index is 0.0462. The zero-order valence-electron chi connectivity index (χ0n) is 13.8. The number of halogens is 3. The lowest BCUT2D eigenvalue weighted by molar-refractivity contribution is -0.121. The Morgan fingerprint density at radius 1 is 1.23 bits per heavy atom. The molecule has 1 fully saturated rings. The molecule has 0 atom stereocenters. The Morgan fingerprint density at radius 2 is 2.00 bits per heavy atom. The molecule has 134 valence electrons. The molecule has 26 heavy (non-hydrogen) atoms. The maximum Gasteiger partial charge on any atom is 0.266 e. The Labute approximate surface area is 158 Å². The highest BCUT2D eigenvalue weighted by Gasteiger charge is 2.31. The molecule has 4 nitrogen and oxygen atoms in total. The van der Waals surface area contributed by atoms with Crippen molar-refractivity contribution in [1.29, 1.82) is 0 Å². The summed E-state index contributed by atoms with van der Waals surface area (Å²) in [7, 11) is 3.05. The van der Waals surface area contributed by atoms with Crippen LogP contribution in [0.5, 0.6) is 5.75 Å². The summed E-state index contributed by atoms with van der Waals surface area (Å²) in [5.41, 5.74) is 0.591. The highest BCUT2D eigenvalue weighted by atomic mass is 35.5. The Hall–Kier alpha value is -2.38. The van der Waals surface area contributed by atoms with E-state index in [-0.39, 0.29) is 16.8 Å². The van der Waals surface area contributed by atoms with Gasteiger partial charge in [0, 0.05) is 23.7 Å². The molecule has 2 aromatic carbocycles. The van der Waals surface area contributed by atoms with Crippen molar-refractivity contribution in [1.82, 2.24) is 4.90 Å². The lowest BCUT2D eigenvalue weighted by Crippen LogP contribution is -2.23. The molecular weight excluding hydrogens is 382 g/mol. The van der Waals surface area contributed by atoms with Crippen LogP contribution >= 0.6 is 23.4 Å². The van der Waals surface area contributed by atoms with Gasteiger partial charge in [0.25, 0.3) is 5.91 Å². The highest BCUT2D eigenvalue weighted by molar-refractivity contribution is 8.18. The number of carbonyl (C=O) groups excluding carboxylic acids is 1. The van der Waals surface area contributed by atoms with Gasteiger partial charge in [0.05, 0.1) is 12.0 Å². The van der Waals surface area contributed by atoms with Crippen LogP contribution in [0.4, 0.5) is 14.5 Å². The largest absolute Gasteiger partial charge is 0.496 e. The van der Waals surface area contributed by atoms with Crippen molar-refractivity contribution < 1.29 is 18.3 Å². The first-order chi connectivity index (χ1) is 12.4. The highest BCUT2D eigenvalue weighted by Crippen LogP contribution is 2.35. The van der Waals surface area contributed by atoms with E-state index in [0.29, 0.717) is 21.2 Å². The van der Waals surface area contributed by atoms with Crippen molar-refractivity contribution in [2.75, 3.05) is 14.2 Å². The van der Waals surface area contributed by atoms with Crippen LogP contribution in [0.3, 0.4) is 0 Å². The summed E-state index contributed by atoms with van der Waals surface area (Å²) in [5, 5.41) is 0.788. The number of methoxy groups -OCH3 is 1. The van der Waals surface area contributed by atoms with Crippen molar-refractivity contribution >= 4 is 46.2 Å². The van der Waals surface area contributed by atoms with Gasteiger partial charge in [-0.25, -0.2) is 13.8 Å². The molecule has 3 rings (SSSR count). The number of hydrogen-bond acceptors (Lipinski definition) is 4. The normalized spacial score (nSPS) is 17.4. The third-order valence-electron chi connectivity index (χ3n) is 3.61. The third-order valence-corrected chi connectivity index (χ3v) is 4.90. The van der Waals surface area contributed by atoms with Gasteiger partial charge in [-0.1, -0.05) is 11.6 Å². The van der Waals surface area contributed by atoms with Crippen LogP contribution in [0.1, 0.15) is 5.56 Å². The van der Waals surface area contributed by atoms with E-state index in [4.69, 9.17) is 16.3 Å². The molecule has 0 saturated carbocycles. The molecule has 1 aliphatic rings. The fraction of sp³-hybridized carbons (Fsp3) is 0.111. The van der Waals surface area contributed by atoms with Gasteiger partial charge < -0.3 is 4.74 Å². The van der Waals surface area contributed by atoms with Crippen LogP contribution in [-0.2, 0) is 4.79 Å². The summed E-state index contributed by atoms with van der Waals surface area (Å²) in [6, 6.07) is 8.13. The SMILES string of the molecule is COc1ccc(Cl)cc1/C=C1/SC(=Nc2ccc(F)cc2F)N(C)C1=O. The zero-order chi connectivity index (χ0) is 18.8. The zero-order valence-corrected chi connectivity index (χ0v) is 15.4. The van der Waals surface area contributed by atoms with Gasteiger partial charge in [-0.05, 0) is 48.2 Å². The van der Waals surface area contributed by atoms with E-state index in [2.05, 4.69) is 4.99 Å². The summed E-state index contributed by atoms with van der Waals surface area (Å²) < 4.78 is 32.1. The molecule has 1 heterocycles. The van der Waals surface area contributed by atoms with E-state index >= 15 is 0 Å². The topological polar surface area (TPSA) is 41.9 Å². The van der Waals surface area contributed by atoms with E-state index < -0.39 is 11.6 Å². The number of carbonyl (C=O) groups is 1. The first-order valence-corrected chi connectivity index (χ1v) is 8.63. The van der Waals surface area contributed by atoms with E-state index in [1.165, 1.54) is 25.1 Å². The lowest BCUT2D eigenvalue weighted by Gasteiger charge is -2.07. The molecule has 1 aliphatic heterocycles. The van der Waals surface area contributed by atoms with Crippen molar-refractivity contribution in [3.05, 3.63) is 63.5 Å². The van der Waals surface area contributed by atoms with Gasteiger partial charge in [-0.2, -0.15) is 0 Å². The van der Waals surface area contributed by atoms with Crippen LogP contribution in [0.25, 0.3) is 6.08 Å². The third kappa shape index (κ3) is 3.73. The summed E-state index contributed by atoms with van der Waals surface area (Å²) in [6.45, 7) is 0. The van der Waals surface area contributed by atoms with Gasteiger partial charge in [0.2, 0.25) is 0 Å². The predicted octanol–water partition coefficient (Wildman–Crippen LogP) is 4.86. The maximum atomic E-state index is 13.8. The number of thioether (sulfide) groups is 1. The Balaban J connectivity index is 1.96. The van der Waals surface area contributed by atoms with Gasteiger partial charge in [-0.15, -0.1) is 0 Å². The molecular formula is C18H13ClF2N2O2S. The number of ether oxygens (including phenoxy) is 1. The second kappa shape index (κ2) is 7.47. The monoisotopic (exact) mass is 394 g/mol. The minimum Gasteiger partial charge on any atom is -0.496 e. The second-order valence-corrected chi connectivity index (χ2v) is 6.80. The quantitative estimate of drug-likeness (QED) is 0.698. The first-order valence-electron chi connectivity index (χ1n) is 7.44. The van der Waals surface area contributed by atoms with Crippen molar-refractivity contribution in [2.45, 2.75) is 0 Å². The van der Waals surface area contributed by atoms with Crippen LogP contribution in [-0.4, -0.2) is 30.1 Å².